The van der Waals surface area contributed by atoms with Crippen molar-refractivity contribution in [1.29, 1.82) is 0 Å². The molecule has 3 fully saturated rings. The first-order valence-electron chi connectivity index (χ1n) is 19.5. The summed E-state index contributed by atoms with van der Waals surface area (Å²) >= 11 is 14.6. The number of alkyl halides is 3. The smallest absolute Gasteiger partial charge is 0.417 e. The van der Waals surface area contributed by atoms with Crippen molar-refractivity contribution in [2.24, 2.45) is 23.7 Å². The highest BCUT2D eigenvalue weighted by atomic mass is 127. The predicted molar refractivity (Wildman–Crippen MR) is 233 cm³/mol. The van der Waals surface area contributed by atoms with Gasteiger partial charge < -0.3 is 9.84 Å². The van der Waals surface area contributed by atoms with Crippen molar-refractivity contribution in [3.05, 3.63) is 156 Å². The summed E-state index contributed by atoms with van der Waals surface area (Å²) in [5.41, 5.74) is 2.14. The molecule has 0 unspecified atom stereocenters. The zero-order chi connectivity index (χ0) is 44.7. The van der Waals surface area contributed by atoms with Gasteiger partial charge >= 0.3 is 6.18 Å². The summed E-state index contributed by atoms with van der Waals surface area (Å²) in [6, 6.07) is 25.1. The van der Waals surface area contributed by atoms with Gasteiger partial charge in [-0.1, -0.05) is 77.3 Å². The number of hydrogen-bond donors (Lipinski definition) is 2. The van der Waals surface area contributed by atoms with Crippen LogP contribution in [0.2, 0.25) is 10.0 Å². The fourth-order valence-corrected chi connectivity index (χ4v) is 10.8. The van der Waals surface area contributed by atoms with E-state index in [-0.39, 0.29) is 35.8 Å². The number of phenols is 1. The number of ether oxygens (including phenoxy) is 1. The molecule has 2 aliphatic carbocycles. The van der Waals surface area contributed by atoms with Crippen molar-refractivity contribution >= 4 is 86.7 Å². The fraction of sp³-hybridized carbons (Fsp3) is 0.217. The predicted octanol–water partition coefficient (Wildman–Crippen LogP) is 9.15. The van der Waals surface area contributed by atoms with Gasteiger partial charge in [-0.2, -0.15) is 18.2 Å². The molecule has 17 heteroatoms. The molecular weight excluding hydrogens is 975 g/mol. The number of fused-ring (bicyclic) bond motifs is 4. The van der Waals surface area contributed by atoms with E-state index in [1.165, 1.54) is 7.11 Å². The first-order chi connectivity index (χ1) is 30.1. The molecule has 4 aliphatic rings. The SMILES string of the molecule is COc1cc([C@H]2C3=CC[C@@H]4C(=O)N(c5ccc(C(=O)c6ccccc6)cc5)C(=O)[C@@H]4[C@@H]3C[C@H]3C(=O)N(Nc4ncc(C(F)(F)F)cc4Cl)C(=O)[C@@]23c2ccc(Cl)cc2)cc(I)c1O. The summed E-state index contributed by atoms with van der Waals surface area (Å²) < 4.78 is 46.7. The summed E-state index contributed by atoms with van der Waals surface area (Å²) in [7, 11) is 1.36. The molecule has 0 radical (unpaired) electrons. The number of benzene rings is 4. The third kappa shape index (κ3) is 6.77. The molecule has 11 nitrogen and oxygen atoms in total. The summed E-state index contributed by atoms with van der Waals surface area (Å²) in [5, 5.41) is 11.5. The maximum Gasteiger partial charge on any atom is 0.417 e. The molecular formula is C46H32Cl2F3IN4O7. The van der Waals surface area contributed by atoms with Gasteiger partial charge in [0.05, 0.1) is 50.1 Å². The Kier molecular flexibility index (Phi) is 10.7. The molecule has 5 aromatic rings. The molecule has 320 valence electrons. The number of nitrogens with zero attached hydrogens (tertiary/aromatic N) is 3. The van der Waals surface area contributed by atoms with Gasteiger partial charge in [-0.15, -0.1) is 0 Å². The molecule has 4 aromatic carbocycles. The zero-order valence-corrected chi connectivity index (χ0v) is 36.4. The Bertz CT molecular complexity index is 2790. The van der Waals surface area contributed by atoms with Crippen molar-refractivity contribution < 1.29 is 47.0 Å². The Hall–Kier alpha value is -5.78. The number of carbonyl (C=O) groups excluding carboxylic acids is 5. The number of phenolic OH excluding ortho intramolecular Hbond substituents is 1. The molecule has 9 rings (SSSR count). The molecule has 1 aromatic heterocycles. The van der Waals surface area contributed by atoms with Crippen LogP contribution in [0.4, 0.5) is 24.7 Å². The Morgan fingerprint density at radius 2 is 1.59 bits per heavy atom. The second-order valence-electron chi connectivity index (χ2n) is 15.7. The minimum Gasteiger partial charge on any atom is -0.504 e. The van der Waals surface area contributed by atoms with Gasteiger partial charge in [0, 0.05) is 28.3 Å². The van der Waals surface area contributed by atoms with Crippen LogP contribution in [0, 0.1) is 27.2 Å². The number of aromatic hydroxyl groups is 1. The van der Waals surface area contributed by atoms with E-state index in [2.05, 4.69) is 10.4 Å². The van der Waals surface area contributed by atoms with E-state index in [0.29, 0.717) is 53.7 Å². The first kappa shape index (κ1) is 42.5. The van der Waals surface area contributed by atoms with E-state index in [1.807, 2.05) is 28.7 Å². The lowest BCUT2D eigenvalue weighted by molar-refractivity contribution is -0.139. The number of methoxy groups -OCH3 is 1. The molecule has 0 spiro atoms. The van der Waals surface area contributed by atoms with Crippen molar-refractivity contribution in [3.63, 3.8) is 0 Å². The van der Waals surface area contributed by atoms with Crippen LogP contribution >= 0.6 is 45.8 Å². The van der Waals surface area contributed by atoms with Gasteiger partial charge in [-0.3, -0.25) is 34.3 Å². The number of pyridine rings is 1. The number of halogens is 6. The summed E-state index contributed by atoms with van der Waals surface area (Å²) in [6.07, 6.45) is -2.42. The van der Waals surface area contributed by atoms with Crippen molar-refractivity contribution in [2.45, 2.75) is 30.4 Å². The van der Waals surface area contributed by atoms with Crippen LogP contribution in [0.15, 0.2) is 115 Å². The molecule has 0 bridgehead atoms. The van der Waals surface area contributed by atoms with Gasteiger partial charge in [0.15, 0.2) is 23.1 Å². The van der Waals surface area contributed by atoms with Crippen molar-refractivity contribution in [2.75, 3.05) is 17.4 Å². The molecule has 4 amide bonds. The molecule has 2 aliphatic heterocycles. The van der Waals surface area contributed by atoms with Crippen LogP contribution in [0.25, 0.3) is 0 Å². The zero-order valence-electron chi connectivity index (χ0n) is 32.7. The molecule has 1 saturated carbocycles. The van der Waals surface area contributed by atoms with Gasteiger partial charge in [-0.25, -0.2) is 4.98 Å². The lowest BCUT2D eigenvalue weighted by Gasteiger charge is -2.50. The first-order valence-corrected chi connectivity index (χ1v) is 21.4. The Morgan fingerprint density at radius 1 is 0.905 bits per heavy atom. The molecule has 6 atom stereocenters. The standard InChI is InChI=1S/C46H32Cl2F3IN4O7/c1-63-35-18-24(17-34(52)39(35)58)37-29-15-16-30-36(43(61)55(41(30)59)28-13-7-23(8-14-28)38(57)22-5-3-2-4-6-22)31(29)20-32-42(60)56(44(62)45(32,37)25-9-11-27(47)12-10-25)54-40-33(48)19-26(21-53-40)46(49,50)51/h2-15,17-19,21,30-32,36-37,58H,16,20H2,1H3,(H,53,54)/t30-,31+,32-,36-,37-,45+/m0/s1. The monoisotopic (exact) mass is 1010 g/mol. The number of nitrogens with one attached hydrogen (secondary N) is 1. The number of anilines is 2. The number of allylic oxidation sites excluding steroid dienone is 2. The van der Waals surface area contributed by atoms with Crippen LogP contribution < -0.4 is 15.1 Å². The quantitative estimate of drug-likeness (QED) is 0.0673. The summed E-state index contributed by atoms with van der Waals surface area (Å²) in [6.45, 7) is 0. The number of aromatic nitrogens is 1. The third-order valence-electron chi connectivity index (χ3n) is 12.6. The average Bonchev–Trinajstić information content (AvgIpc) is 3.65. The summed E-state index contributed by atoms with van der Waals surface area (Å²) in [4.78, 5) is 77.8. The van der Waals surface area contributed by atoms with Crippen molar-refractivity contribution in [1.82, 2.24) is 9.99 Å². The van der Waals surface area contributed by atoms with Gasteiger partial charge in [0.25, 0.3) is 11.8 Å². The lowest BCUT2D eigenvalue weighted by Crippen LogP contribution is -2.53. The highest BCUT2D eigenvalue weighted by Crippen LogP contribution is 2.65. The normalized spacial score (nSPS) is 24.2. The van der Waals surface area contributed by atoms with Gasteiger partial charge in [-0.05, 0) is 107 Å². The summed E-state index contributed by atoms with van der Waals surface area (Å²) in [5.74, 6) is -8.23. The molecule has 3 heterocycles. The van der Waals surface area contributed by atoms with Crippen LogP contribution in [0.1, 0.15) is 51.4 Å². The second kappa shape index (κ2) is 15.8. The minimum atomic E-state index is -4.78. The van der Waals surface area contributed by atoms with Gasteiger partial charge in [0.1, 0.15) is 0 Å². The average molecular weight is 1010 g/mol. The Morgan fingerprint density at radius 3 is 2.24 bits per heavy atom. The van der Waals surface area contributed by atoms with Crippen LogP contribution in [0.5, 0.6) is 11.5 Å². The largest absolute Gasteiger partial charge is 0.504 e. The maximum absolute atomic E-state index is 15.5. The fourth-order valence-electron chi connectivity index (χ4n) is 9.85. The number of carbonyl (C=O) groups is 5. The molecule has 2 saturated heterocycles. The number of rotatable bonds is 8. The van der Waals surface area contributed by atoms with E-state index >= 15 is 9.59 Å². The number of amides is 4. The number of ketones is 1. The molecule has 63 heavy (non-hydrogen) atoms. The Labute approximate surface area is 380 Å². The van der Waals surface area contributed by atoms with E-state index in [1.54, 1.807) is 91.0 Å². The van der Waals surface area contributed by atoms with Crippen molar-refractivity contribution in [3.8, 4) is 11.5 Å². The number of hydrazine groups is 1. The lowest BCUT2D eigenvalue weighted by atomic mass is 9.49. The Balaban J connectivity index is 1.17. The maximum atomic E-state index is 15.5. The van der Waals surface area contributed by atoms with E-state index in [4.69, 9.17) is 27.9 Å². The van der Waals surface area contributed by atoms with E-state index < -0.39 is 81.2 Å². The topological polar surface area (TPSA) is 146 Å². The third-order valence-corrected chi connectivity index (χ3v) is 13.9. The van der Waals surface area contributed by atoms with E-state index in [9.17, 15) is 32.7 Å². The highest BCUT2D eigenvalue weighted by Gasteiger charge is 2.70. The number of imide groups is 2. The van der Waals surface area contributed by atoms with E-state index in [0.717, 1.165) is 4.90 Å². The van der Waals surface area contributed by atoms with Crippen LogP contribution in [-0.2, 0) is 30.8 Å². The highest BCUT2D eigenvalue weighted by molar-refractivity contribution is 14.1. The van der Waals surface area contributed by atoms with Crippen LogP contribution in [0.3, 0.4) is 0 Å². The van der Waals surface area contributed by atoms with Gasteiger partial charge in [0.2, 0.25) is 11.8 Å². The number of hydrogen-bond acceptors (Lipinski definition) is 9. The second-order valence-corrected chi connectivity index (χ2v) is 17.7. The van der Waals surface area contributed by atoms with Crippen LogP contribution in [-0.4, -0.2) is 51.6 Å². The minimum absolute atomic E-state index is 0.0658. The molecule has 2 N–H and O–H groups in total.